The van der Waals surface area contributed by atoms with Crippen molar-refractivity contribution in [1.82, 2.24) is 9.97 Å². The van der Waals surface area contributed by atoms with Crippen LogP contribution >= 0.6 is 0 Å². The number of anilines is 1. The van der Waals surface area contributed by atoms with Crippen LogP contribution < -0.4 is 16.5 Å². The fourth-order valence-corrected chi connectivity index (χ4v) is 3.92. The van der Waals surface area contributed by atoms with Gasteiger partial charge in [-0.1, -0.05) is 17.3 Å². The molecule has 0 radical (unpaired) electrons. The second-order valence-electron chi connectivity index (χ2n) is 8.12. The Labute approximate surface area is 199 Å². The Bertz CT molecular complexity index is 1500. The van der Waals surface area contributed by atoms with E-state index >= 15 is 0 Å². The summed E-state index contributed by atoms with van der Waals surface area (Å²) < 4.78 is 32.6. The maximum Gasteiger partial charge on any atom is 0.280 e. The normalized spacial score (nSPS) is 12.8. The van der Waals surface area contributed by atoms with Gasteiger partial charge in [0.1, 0.15) is 22.7 Å². The van der Waals surface area contributed by atoms with Crippen LogP contribution in [-0.2, 0) is 0 Å². The number of rotatable bonds is 6. The van der Waals surface area contributed by atoms with Crippen LogP contribution in [0.4, 0.5) is 14.5 Å². The lowest BCUT2D eigenvalue weighted by molar-refractivity contribution is 0.146. The SMILES string of the molecule is Cc1cc(C(C)Nc2cccnc2C(N)=NO)c2oc(-c3cccc(C(F)F)n3)c(C)c(=O)c2c1. The van der Waals surface area contributed by atoms with E-state index in [1.807, 2.05) is 19.9 Å². The van der Waals surface area contributed by atoms with Crippen LogP contribution in [0.5, 0.6) is 0 Å². The number of nitrogens with zero attached hydrogens (tertiary/aromatic N) is 3. The molecule has 0 aliphatic carbocycles. The van der Waals surface area contributed by atoms with Crippen LogP contribution in [0.3, 0.4) is 0 Å². The maximum atomic E-state index is 13.3. The number of alkyl halides is 2. The molecule has 0 bridgehead atoms. The Hall–Kier alpha value is -4.34. The number of halogens is 2. The van der Waals surface area contributed by atoms with Gasteiger partial charge in [-0.3, -0.25) is 9.78 Å². The van der Waals surface area contributed by atoms with Gasteiger partial charge in [0.25, 0.3) is 6.43 Å². The molecule has 0 amide bonds. The minimum Gasteiger partial charge on any atom is -0.454 e. The van der Waals surface area contributed by atoms with Crippen LogP contribution in [0.15, 0.2) is 63.0 Å². The summed E-state index contributed by atoms with van der Waals surface area (Å²) in [6.07, 6.45) is -1.24. The first-order valence-electron chi connectivity index (χ1n) is 10.7. The van der Waals surface area contributed by atoms with E-state index in [0.29, 0.717) is 22.2 Å². The molecule has 4 N–H and O–H groups in total. The molecule has 0 saturated carbocycles. The summed E-state index contributed by atoms with van der Waals surface area (Å²) in [4.78, 5) is 21.4. The number of oxime groups is 1. The molecule has 0 saturated heterocycles. The monoisotopic (exact) mass is 479 g/mol. The number of fused-ring (bicyclic) bond motifs is 1. The van der Waals surface area contributed by atoms with Crippen molar-refractivity contribution in [3.05, 3.63) is 87.0 Å². The maximum absolute atomic E-state index is 13.3. The molecule has 1 atom stereocenters. The van der Waals surface area contributed by atoms with E-state index in [1.165, 1.54) is 24.4 Å². The van der Waals surface area contributed by atoms with Gasteiger partial charge >= 0.3 is 0 Å². The highest BCUT2D eigenvalue weighted by Gasteiger charge is 2.21. The fourth-order valence-electron chi connectivity index (χ4n) is 3.92. The molecule has 8 nitrogen and oxygen atoms in total. The average Bonchev–Trinajstić information content (AvgIpc) is 2.85. The summed E-state index contributed by atoms with van der Waals surface area (Å²) >= 11 is 0. The van der Waals surface area contributed by atoms with Crippen molar-refractivity contribution in [3.8, 4) is 11.5 Å². The predicted octanol–water partition coefficient (Wildman–Crippen LogP) is 5.07. The van der Waals surface area contributed by atoms with Crippen LogP contribution in [0.25, 0.3) is 22.4 Å². The van der Waals surface area contributed by atoms with E-state index in [4.69, 9.17) is 15.4 Å². The molecule has 0 spiro atoms. The fraction of sp³-hybridized carbons (Fsp3) is 0.200. The molecule has 0 fully saturated rings. The molecule has 35 heavy (non-hydrogen) atoms. The van der Waals surface area contributed by atoms with Gasteiger partial charge in [-0.25, -0.2) is 13.8 Å². The number of aromatic nitrogens is 2. The highest BCUT2D eigenvalue weighted by Crippen LogP contribution is 2.32. The van der Waals surface area contributed by atoms with Crippen LogP contribution in [0, 0.1) is 13.8 Å². The van der Waals surface area contributed by atoms with Gasteiger partial charge in [0, 0.05) is 17.3 Å². The van der Waals surface area contributed by atoms with Crippen molar-refractivity contribution < 1.29 is 18.4 Å². The minimum absolute atomic E-state index is 0.126. The third-order valence-corrected chi connectivity index (χ3v) is 5.62. The van der Waals surface area contributed by atoms with E-state index in [2.05, 4.69) is 20.4 Å². The van der Waals surface area contributed by atoms with E-state index in [9.17, 15) is 13.6 Å². The Morgan fingerprint density at radius 1 is 1.20 bits per heavy atom. The lowest BCUT2D eigenvalue weighted by Crippen LogP contribution is -2.19. The predicted molar refractivity (Wildman–Crippen MR) is 129 cm³/mol. The van der Waals surface area contributed by atoms with Gasteiger partial charge in [-0.15, -0.1) is 0 Å². The minimum atomic E-state index is -2.76. The Morgan fingerprint density at radius 2 is 1.97 bits per heavy atom. The molecule has 0 aliphatic heterocycles. The largest absolute Gasteiger partial charge is 0.454 e. The van der Waals surface area contributed by atoms with Gasteiger partial charge in [0.2, 0.25) is 0 Å². The van der Waals surface area contributed by atoms with E-state index < -0.39 is 18.2 Å². The molecule has 4 rings (SSSR count). The first-order chi connectivity index (χ1) is 16.7. The summed E-state index contributed by atoms with van der Waals surface area (Å²) in [5, 5.41) is 15.7. The number of nitrogens with one attached hydrogen (secondary N) is 1. The smallest absolute Gasteiger partial charge is 0.280 e. The molecule has 4 aromatic rings. The van der Waals surface area contributed by atoms with Gasteiger partial charge in [-0.05, 0) is 56.7 Å². The van der Waals surface area contributed by atoms with Crippen molar-refractivity contribution in [2.45, 2.75) is 33.2 Å². The number of hydrogen-bond donors (Lipinski definition) is 3. The molecular weight excluding hydrogens is 456 g/mol. The molecule has 1 aromatic carbocycles. The quantitative estimate of drug-likeness (QED) is 0.152. The molecule has 0 aliphatic rings. The van der Waals surface area contributed by atoms with Crippen molar-refractivity contribution in [3.63, 3.8) is 0 Å². The second-order valence-corrected chi connectivity index (χ2v) is 8.12. The van der Waals surface area contributed by atoms with Crippen LogP contribution in [0.2, 0.25) is 0 Å². The second kappa shape index (κ2) is 9.49. The number of nitrogens with two attached hydrogens (primary N) is 1. The summed E-state index contributed by atoms with van der Waals surface area (Å²) in [7, 11) is 0. The van der Waals surface area contributed by atoms with Gasteiger partial charge < -0.3 is 20.7 Å². The zero-order chi connectivity index (χ0) is 25.3. The topological polar surface area (TPSA) is 127 Å². The highest BCUT2D eigenvalue weighted by molar-refractivity contribution is 6.00. The standard InChI is InChI=1S/C25H23F2N5O3/c1-12-10-15(14(3)30-17-8-5-9-29-20(17)25(28)32-34)23-16(11-12)21(33)13(2)22(35-23)18-6-4-7-19(31-18)24(26)27/h4-11,14,24,30,34H,1-3H3,(H2,28,32). The third-order valence-electron chi connectivity index (χ3n) is 5.62. The molecule has 10 heteroatoms. The number of pyridine rings is 2. The third kappa shape index (κ3) is 4.54. The van der Waals surface area contributed by atoms with E-state index in [0.717, 1.165) is 5.56 Å². The first-order valence-corrected chi connectivity index (χ1v) is 10.7. The van der Waals surface area contributed by atoms with Gasteiger partial charge in [0.15, 0.2) is 17.0 Å². The lowest BCUT2D eigenvalue weighted by Gasteiger charge is -2.20. The van der Waals surface area contributed by atoms with E-state index in [-0.39, 0.29) is 34.0 Å². The summed E-state index contributed by atoms with van der Waals surface area (Å²) in [5.74, 6) is -0.0372. The van der Waals surface area contributed by atoms with Crippen LogP contribution in [-0.4, -0.2) is 21.0 Å². The molecular formula is C25H23F2N5O3. The van der Waals surface area contributed by atoms with Gasteiger partial charge in [0.05, 0.1) is 17.1 Å². The summed E-state index contributed by atoms with van der Waals surface area (Å²) in [6, 6.07) is 10.8. The molecule has 3 heterocycles. The number of benzene rings is 1. The summed E-state index contributed by atoms with van der Waals surface area (Å²) in [6.45, 7) is 5.30. The lowest BCUT2D eigenvalue weighted by atomic mass is 9.99. The molecule has 3 aromatic heterocycles. The first kappa shape index (κ1) is 23.8. The Balaban J connectivity index is 1.88. The summed E-state index contributed by atoms with van der Waals surface area (Å²) in [5.41, 5.74) is 8.04. The Kier molecular flexibility index (Phi) is 6.46. The van der Waals surface area contributed by atoms with Crippen molar-refractivity contribution >= 4 is 22.5 Å². The number of hydrogen-bond acceptors (Lipinski definition) is 7. The highest BCUT2D eigenvalue weighted by atomic mass is 19.3. The zero-order valence-corrected chi connectivity index (χ0v) is 19.2. The van der Waals surface area contributed by atoms with Crippen LogP contribution in [0.1, 0.15) is 47.5 Å². The number of amidine groups is 1. The van der Waals surface area contributed by atoms with Crippen molar-refractivity contribution in [1.29, 1.82) is 0 Å². The van der Waals surface area contributed by atoms with Crippen molar-refractivity contribution in [2.75, 3.05) is 5.32 Å². The zero-order valence-electron chi connectivity index (χ0n) is 19.2. The van der Waals surface area contributed by atoms with Crippen molar-refractivity contribution in [2.24, 2.45) is 10.9 Å². The molecule has 180 valence electrons. The Morgan fingerprint density at radius 3 is 2.69 bits per heavy atom. The van der Waals surface area contributed by atoms with Gasteiger partial charge in [-0.2, -0.15) is 0 Å². The average molecular weight is 479 g/mol. The molecule has 1 unspecified atom stereocenters. The number of aryl methyl sites for hydroxylation is 1. The van der Waals surface area contributed by atoms with E-state index in [1.54, 1.807) is 25.1 Å².